The molecule has 3 aromatic carbocycles. The Morgan fingerprint density at radius 1 is 0.781 bits per heavy atom. The van der Waals surface area contributed by atoms with Crippen molar-refractivity contribution in [2.75, 3.05) is 5.32 Å². The molecular weight excluding hydrogens is 465 g/mol. The Kier molecular flexibility index (Phi) is 9.85. The summed E-state index contributed by atoms with van der Waals surface area (Å²) in [6.07, 6.45) is 0. The van der Waals surface area contributed by atoms with Gasteiger partial charge in [0.1, 0.15) is 5.57 Å². The maximum atomic E-state index is 12.0. The number of anilines is 1. The zero-order chi connectivity index (χ0) is 23.6. The van der Waals surface area contributed by atoms with E-state index in [1.807, 2.05) is 0 Å². The lowest BCUT2D eigenvalue weighted by molar-refractivity contribution is -0.119. The third kappa shape index (κ3) is 8.43. The first kappa shape index (κ1) is 25.5. The highest BCUT2D eigenvalue weighted by Crippen LogP contribution is 2.33. The predicted octanol–water partition coefficient (Wildman–Crippen LogP) is 3.87. The van der Waals surface area contributed by atoms with Crippen molar-refractivity contribution in [2.24, 2.45) is 5.73 Å². The Bertz CT molecular complexity index is 1020. The topological polar surface area (TPSA) is 72.2 Å². The van der Waals surface area contributed by atoms with E-state index in [0.717, 1.165) is 7.28 Å². The van der Waals surface area contributed by atoms with Crippen molar-refractivity contribution in [1.29, 1.82) is 0 Å². The lowest BCUT2D eigenvalue weighted by atomic mass is 9.64. The quantitative estimate of drug-likeness (QED) is 0.189. The largest absolute Gasteiger partial charge is 0.398 e. The van der Waals surface area contributed by atoms with Gasteiger partial charge in [-0.2, -0.15) is 0 Å². The van der Waals surface area contributed by atoms with Crippen LogP contribution < -0.4 is 22.0 Å². The Morgan fingerprint density at radius 3 is 1.56 bits per heavy atom. The van der Waals surface area contributed by atoms with E-state index in [1.54, 1.807) is 30.3 Å². The summed E-state index contributed by atoms with van der Waals surface area (Å²) >= 11 is 16.8. The molecule has 0 atom stereocenters. The molecule has 1 amide bonds. The van der Waals surface area contributed by atoms with Crippen LogP contribution in [0.5, 0.6) is 0 Å². The van der Waals surface area contributed by atoms with Crippen molar-refractivity contribution in [3.63, 3.8) is 0 Å². The minimum absolute atomic E-state index is 0.371. The summed E-state index contributed by atoms with van der Waals surface area (Å²) in [4.78, 5) is 23.5. The van der Waals surface area contributed by atoms with Crippen LogP contribution in [0.2, 0.25) is 0 Å². The highest BCUT2D eigenvalue weighted by atomic mass is 35.6. The highest BCUT2D eigenvalue weighted by molar-refractivity contribution is 6.69. The number of alkyl halides is 3. The van der Waals surface area contributed by atoms with E-state index in [-0.39, 0.29) is 5.57 Å². The molecule has 0 aliphatic heterocycles. The van der Waals surface area contributed by atoms with E-state index in [1.165, 1.54) is 17.8 Å². The smallest absolute Gasteiger partial charge is 0.261 e. The minimum atomic E-state index is -2.02. The molecule has 0 bridgehead atoms. The molecule has 0 saturated carbocycles. The van der Waals surface area contributed by atoms with Gasteiger partial charge in [0, 0.05) is 5.69 Å². The summed E-state index contributed by atoms with van der Waals surface area (Å²) in [5, 5.41) is 2.50. The molecule has 0 fully saturated rings. The first-order chi connectivity index (χ1) is 15.2. The molecule has 0 radical (unpaired) electrons. The first-order valence-electron chi connectivity index (χ1n) is 9.70. The van der Waals surface area contributed by atoms with Crippen LogP contribution in [-0.2, 0) is 9.59 Å². The number of allylic oxidation sites excluding steroid dienone is 1. The van der Waals surface area contributed by atoms with E-state index < -0.39 is 21.2 Å². The lowest BCUT2D eigenvalue weighted by Gasteiger charge is -2.15. The molecule has 0 aliphatic carbocycles. The third-order valence-corrected chi connectivity index (χ3v) is 4.89. The molecule has 0 heterocycles. The van der Waals surface area contributed by atoms with E-state index in [2.05, 4.69) is 66.0 Å². The van der Waals surface area contributed by atoms with Crippen LogP contribution in [0.3, 0.4) is 0 Å². The molecule has 3 N–H and O–H groups in total. The van der Waals surface area contributed by atoms with Gasteiger partial charge in [-0.15, -0.1) is 0 Å². The number of hydrogen-bond donors (Lipinski definition) is 2. The number of benzene rings is 3. The van der Waals surface area contributed by atoms with E-state index in [4.69, 9.17) is 40.5 Å². The second-order valence-corrected chi connectivity index (χ2v) is 9.09. The van der Waals surface area contributed by atoms with E-state index in [0.29, 0.717) is 5.69 Å². The lowest BCUT2D eigenvalue weighted by Crippen LogP contribution is -2.28. The fraction of sp³-hybridized carbons (Fsp3) is 0.0833. The number of carbonyl (C=O) groups is 2. The first-order valence-corrected chi connectivity index (χ1v) is 10.8. The summed E-state index contributed by atoms with van der Waals surface area (Å²) in [6.45, 7) is 1.17. The molecule has 164 valence electrons. The number of nitrogens with one attached hydrogen (secondary N) is 1. The number of hydrogen-bond acceptors (Lipinski definition) is 3. The Morgan fingerprint density at radius 2 is 1.19 bits per heavy atom. The van der Waals surface area contributed by atoms with Gasteiger partial charge in [-0.1, -0.05) is 125 Å². The van der Waals surface area contributed by atoms with Crippen LogP contribution in [0.15, 0.2) is 102 Å². The molecule has 0 aromatic heterocycles. The van der Waals surface area contributed by atoms with Crippen molar-refractivity contribution in [2.45, 2.75) is 10.7 Å². The number of halogens is 3. The average molecular weight is 488 g/mol. The van der Waals surface area contributed by atoms with Gasteiger partial charge in [-0.05, 0) is 19.1 Å². The van der Waals surface area contributed by atoms with Crippen molar-refractivity contribution < 1.29 is 9.59 Å². The van der Waals surface area contributed by atoms with Crippen LogP contribution in [-0.4, -0.2) is 22.8 Å². The molecule has 0 saturated heterocycles. The van der Waals surface area contributed by atoms with Crippen LogP contribution in [0.25, 0.3) is 0 Å². The molecule has 8 heteroatoms. The standard InChI is InChI=1S/C12H11B.C12H11Cl3N2O2/c1-3-7-11(8-4-1)13-12-9-5-2-6-10-12;1-7(18)9(10(16)12(13,14)15)11(19)17-8-5-3-2-4-6-8/h1-10,13H;2-6H,16H2,1H3,(H,17,19)/b;10-9-. The van der Waals surface area contributed by atoms with Gasteiger partial charge in [-0.25, -0.2) is 0 Å². The second-order valence-electron chi connectivity index (χ2n) is 6.81. The zero-order valence-corrected chi connectivity index (χ0v) is 19.7. The van der Waals surface area contributed by atoms with Crippen LogP contribution in [0.1, 0.15) is 6.92 Å². The van der Waals surface area contributed by atoms with Gasteiger partial charge in [0.2, 0.25) is 3.79 Å². The fourth-order valence-corrected chi connectivity index (χ4v) is 3.04. The molecular formula is C24H22BCl3N2O2. The maximum absolute atomic E-state index is 12.0. The van der Waals surface area contributed by atoms with E-state index >= 15 is 0 Å². The molecule has 0 unspecified atom stereocenters. The average Bonchev–Trinajstić information content (AvgIpc) is 2.75. The van der Waals surface area contributed by atoms with Gasteiger partial charge >= 0.3 is 0 Å². The zero-order valence-electron chi connectivity index (χ0n) is 17.4. The number of amides is 1. The van der Waals surface area contributed by atoms with Crippen LogP contribution in [0, 0.1) is 0 Å². The van der Waals surface area contributed by atoms with Crippen molar-refractivity contribution in [3.05, 3.63) is 102 Å². The van der Waals surface area contributed by atoms with Gasteiger partial charge < -0.3 is 11.1 Å². The summed E-state index contributed by atoms with van der Waals surface area (Å²) in [5.41, 5.74) is 8.02. The van der Waals surface area contributed by atoms with Gasteiger partial charge in [-0.3, -0.25) is 9.59 Å². The van der Waals surface area contributed by atoms with Crippen LogP contribution >= 0.6 is 34.8 Å². The Labute approximate surface area is 203 Å². The third-order valence-electron chi connectivity index (χ3n) is 4.28. The van der Waals surface area contributed by atoms with Crippen molar-refractivity contribution >= 4 is 70.4 Å². The number of nitrogens with two attached hydrogens (primary N) is 1. The summed E-state index contributed by atoms with van der Waals surface area (Å²) < 4.78 is -2.02. The van der Waals surface area contributed by atoms with Crippen LogP contribution in [0.4, 0.5) is 5.69 Å². The predicted molar refractivity (Wildman–Crippen MR) is 137 cm³/mol. The fourth-order valence-electron chi connectivity index (χ4n) is 2.76. The summed E-state index contributed by atoms with van der Waals surface area (Å²) in [7, 11) is 1.03. The highest BCUT2D eigenvalue weighted by Gasteiger charge is 2.31. The van der Waals surface area contributed by atoms with Gasteiger partial charge in [0.15, 0.2) is 13.1 Å². The minimum Gasteiger partial charge on any atom is -0.398 e. The molecule has 0 aliphatic rings. The molecule has 4 nitrogen and oxygen atoms in total. The molecule has 3 aromatic rings. The SMILES string of the molecule is B(c1ccccc1)c1ccccc1.CC(=O)/C(C(=O)Nc1ccccc1)=C(/N)C(Cl)(Cl)Cl. The number of Topliss-reactive ketones (excluding diaryl/α,β-unsaturated/α-hetero) is 1. The molecule has 3 rings (SSSR count). The normalized spacial score (nSPS) is 11.4. The summed E-state index contributed by atoms with van der Waals surface area (Å²) in [6, 6.07) is 29.6. The Balaban J connectivity index is 0.000000242. The number of carbonyl (C=O) groups excluding carboxylic acids is 2. The summed E-state index contributed by atoms with van der Waals surface area (Å²) in [5.74, 6) is -1.31. The molecule has 0 spiro atoms. The monoisotopic (exact) mass is 486 g/mol. The second kappa shape index (κ2) is 12.3. The van der Waals surface area contributed by atoms with Gasteiger partial charge in [0.25, 0.3) is 5.91 Å². The van der Waals surface area contributed by atoms with Crippen molar-refractivity contribution in [1.82, 2.24) is 0 Å². The number of ketones is 1. The maximum Gasteiger partial charge on any atom is 0.261 e. The number of rotatable bonds is 5. The number of para-hydroxylation sites is 1. The Hall–Kier alpha value is -2.73. The van der Waals surface area contributed by atoms with E-state index in [9.17, 15) is 9.59 Å². The van der Waals surface area contributed by atoms with Gasteiger partial charge in [0.05, 0.1) is 5.70 Å². The van der Waals surface area contributed by atoms with Crippen molar-refractivity contribution in [3.8, 4) is 0 Å². The molecule has 32 heavy (non-hydrogen) atoms.